The summed E-state index contributed by atoms with van der Waals surface area (Å²) in [4.78, 5) is 32.2. The van der Waals surface area contributed by atoms with Crippen molar-refractivity contribution >= 4 is 11.9 Å². The molecule has 1 saturated heterocycles. The Bertz CT molecular complexity index is 474. The maximum absolute atomic E-state index is 12.3. The minimum atomic E-state index is -1.16. The minimum absolute atomic E-state index is 0.0298. The lowest BCUT2D eigenvalue weighted by Crippen LogP contribution is -2.48. The van der Waals surface area contributed by atoms with Crippen molar-refractivity contribution in [3.05, 3.63) is 23.8 Å². The highest BCUT2D eigenvalue weighted by molar-refractivity contribution is 5.93. The van der Waals surface area contributed by atoms with Gasteiger partial charge in [0.15, 0.2) is 5.69 Å². The topological polar surface area (TPSA) is 92.6 Å². The lowest BCUT2D eigenvalue weighted by Gasteiger charge is -2.34. The van der Waals surface area contributed by atoms with Crippen molar-refractivity contribution in [3.8, 4) is 0 Å². The van der Waals surface area contributed by atoms with Gasteiger partial charge in [-0.1, -0.05) is 6.92 Å². The van der Waals surface area contributed by atoms with Crippen LogP contribution in [0.5, 0.6) is 0 Å². The Morgan fingerprint density at radius 3 is 2.68 bits per heavy atom. The van der Waals surface area contributed by atoms with E-state index in [1.807, 2.05) is 6.92 Å². The highest BCUT2D eigenvalue weighted by Crippen LogP contribution is 2.13. The Balaban J connectivity index is 2.16. The fourth-order valence-electron chi connectivity index (χ4n) is 1.96. The van der Waals surface area contributed by atoms with Gasteiger partial charge in [0.1, 0.15) is 5.69 Å². The number of carboxylic acids is 1. The van der Waals surface area contributed by atoms with Gasteiger partial charge < -0.3 is 14.7 Å². The van der Waals surface area contributed by atoms with Gasteiger partial charge in [0, 0.05) is 6.54 Å². The number of carbonyl (C=O) groups is 2. The van der Waals surface area contributed by atoms with Crippen molar-refractivity contribution < 1.29 is 19.4 Å². The average molecular weight is 265 g/mol. The zero-order chi connectivity index (χ0) is 13.8. The number of aromatic nitrogens is 2. The zero-order valence-corrected chi connectivity index (χ0v) is 10.6. The van der Waals surface area contributed by atoms with E-state index in [1.54, 1.807) is 4.90 Å². The van der Waals surface area contributed by atoms with Crippen LogP contribution >= 0.6 is 0 Å². The highest BCUT2D eigenvalue weighted by Gasteiger charge is 2.27. The normalized spacial score (nSPS) is 19.2. The van der Waals surface area contributed by atoms with E-state index >= 15 is 0 Å². The Kier molecular flexibility index (Phi) is 4.06. The maximum Gasteiger partial charge on any atom is 0.356 e. The second-order valence-corrected chi connectivity index (χ2v) is 4.23. The Hall–Kier alpha value is -2.02. The number of aromatic carboxylic acids is 1. The molecule has 102 valence electrons. The average Bonchev–Trinajstić information content (AvgIpc) is 2.46. The lowest BCUT2D eigenvalue weighted by molar-refractivity contribution is -0.00314. The molecule has 0 radical (unpaired) electrons. The van der Waals surface area contributed by atoms with Gasteiger partial charge >= 0.3 is 5.97 Å². The van der Waals surface area contributed by atoms with E-state index in [2.05, 4.69) is 9.97 Å². The SMILES string of the molecule is CCC1COCCN1C(=O)c1cnc(C(=O)O)cn1. The number of morpholine rings is 1. The first kappa shape index (κ1) is 13.4. The monoisotopic (exact) mass is 265 g/mol. The first-order valence-corrected chi connectivity index (χ1v) is 6.07. The van der Waals surface area contributed by atoms with Gasteiger partial charge in [0.05, 0.1) is 31.6 Å². The number of rotatable bonds is 3. The molecular weight excluding hydrogens is 250 g/mol. The van der Waals surface area contributed by atoms with Crippen molar-refractivity contribution in [2.75, 3.05) is 19.8 Å². The van der Waals surface area contributed by atoms with Gasteiger partial charge in [0.2, 0.25) is 0 Å². The fraction of sp³-hybridized carbons (Fsp3) is 0.500. The molecule has 0 bridgehead atoms. The molecule has 1 unspecified atom stereocenters. The summed E-state index contributed by atoms with van der Waals surface area (Å²) < 4.78 is 5.33. The van der Waals surface area contributed by atoms with Gasteiger partial charge in [-0.05, 0) is 6.42 Å². The third kappa shape index (κ3) is 2.87. The maximum atomic E-state index is 12.3. The van der Waals surface area contributed by atoms with Gasteiger partial charge in [-0.2, -0.15) is 0 Å². The van der Waals surface area contributed by atoms with E-state index in [9.17, 15) is 9.59 Å². The summed E-state index contributed by atoms with van der Waals surface area (Å²) in [6.07, 6.45) is 3.09. The Morgan fingerprint density at radius 2 is 2.11 bits per heavy atom. The van der Waals surface area contributed by atoms with Gasteiger partial charge in [0.25, 0.3) is 5.91 Å². The molecule has 1 fully saturated rings. The predicted octanol–water partition coefficient (Wildman–Crippen LogP) is 0.426. The molecule has 2 rings (SSSR count). The number of hydrogen-bond acceptors (Lipinski definition) is 5. The van der Waals surface area contributed by atoms with Gasteiger partial charge in [-0.15, -0.1) is 0 Å². The Labute approximate surface area is 110 Å². The number of nitrogens with zero attached hydrogens (tertiary/aromatic N) is 3. The van der Waals surface area contributed by atoms with Crippen molar-refractivity contribution in [1.29, 1.82) is 0 Å². The second kappa shape index (κ2) is 5.75. The van der Waals surface area contributed by atoms with E-state index < -0.39 is 5.97 Å². The molecule has 19 heavy (non-hydrogen) atoms. The van der Waals surface area contributed by atoms with E-state index in [1.165, 1.54) is 6.20 Å². The standard InChI is InChI=1S/C12H15N3O4/c1-2-8-7-19-4-3-15(8)11(16)9-5-14-10(6-13-9)12(17)18/h5-6,8H,2-4,7H2,1H3,(H,17,18). The summed E-state index contributed by atoms with van der Waals surface area (Å²) in [7, 11) is 0. The summed E-state index contributed by atoms with van der Waals surface area (Å²) in [6, 6.07) is 0.0298. The zero-order valence-electron chi connectivity index (χ0n) is 10.6. The van der Waals surface area contributed by atoms with Crippen LogP contribution in [-0.4, -0.2) is 57.7 Å². The molecule has 1 N–H and O–H groups in total. The quantitative estimate of drug-likeness (QED) is 0.851. The summed E-state index contributed by atoms with van der Waals surface area (Å²) in [5, 5.41) is 8.73. The van der Waals surface area contributed by atoms with E-state index in [4.69, 9.17) is 9.84 Å². The summed E-state index contributed by atoms with van der Waals surface area (Å²) in [6.45, 7) is 3.52. The van der Waals surface area contributed by atoms with Crippen molar-refractivity contribution in [2.45, 2.75) is 19.4 Å². The van der Waals surface area contributed by atoms with Crippen molar-refractivity contribution in [2.24, 2.45) is 0 Å². The van der Waals surface area contributed by atoms with Crippen LogP contribution in [-0.2, 0) is 4.74 Å². The first-order valence-electron chi connectivity index (χ1n) is 6.07. The van der Waals surface area contributed by atoms with E-state index in [-0.39, 0.29) is 23.3 Å². The molecule has 1 aliphatic heterocycles. The van der Waals surface area contributed by atoms with Crippen molar-refractivity contribution in [3.63, 3.8) is 0 Å². The molecule has 0 saturated carbocycles. The van der Waals surface area contributed by atoms with Gasteiger partial charge in [-0.3, -0.25) is 4.79 Å². The molecule has 0 aromatic carbocycles. The molecule has 0 spiro atoms. The van der Waals surface area contributed by atoms with Crippen molar-refractivity contribution in [1.82, 2.24) is 14.9 Å². The third-order valence-corrected chi connectivity index (χ3v) is 3.05. The van der Waals surface area contributed by atoms with E-state index in [0.29, 0.717) is 19.8 Å². The number of carbonyl (C=O) groups excluding carboxylic acids is 1. The number of hydrogen-bond donors (Lipinski definition) is 1. The van der Waals surface area contributed by atoms with Crippen LogP contribution in [0.2, 0.25) is 0 Å². The van der Waals surface area contributed by atoms with Crippen LogP contribution in [0.1, 0.15) is 34.3 Å². The number of carboxylic acid groups (broad SMARTS) is 1. The lowest BCUT2D eigenvalue weighted by atomic mass is 10.1. The molecule has 1 aromatic heterocycles. The molecule has 1 amide bonds. The molecule has 7 heteroatoms. The van der Waals surface area contributed by atoms with E-state index in [0.717, 1.165) is 12.6 Å². The second-order valence-electron chi connectivity index (χ2n) is 4.23. The molecule has 7 nitrogen and oxygen atoms in total. The third-order valence-electron chi connectivity index (χ3n) is 3.05. The van der Waals surface area contributed by atoms with Crippen LogP contribution in [0, 0.1) is 0 Å². The highest BCUT2D eigenvalue weighted by atomic mass is 16.5. The molecule has 1 atom stereocenters. The summed E-state index contributed by atoms with van der Waals surface area (Å²) in [5.74, 6) is -1.40. The first-order chi connectivity index (χ1) is 9.13. The fourth-order valence-corrected chi connectivity index (χ4v) is 1.96. The number of ether oxygens (including phenoxy) is 1. The number of amides is 1. The molecule has 1 aromatic rings. The minimum Gasteiger partial charge on any atom is -0.476 e. The van der Waals surface area contributed by atoms with Crippen LogP contribution in [0.3, 0.4) is 0 Å². The summed E-state index contributed by atoms with van der Waals surface area (Å²) >= 11 is 0. The largest absolute Gasteiger partial charge is 0.476 e. The molecule has 2 heterocycles. The smallest absolute Gasteiger partial charge is 0.356 e. The molecular formula is C12H15N3O4. The van der Waals surface area contributed by atoms with Crippen LogP contribution in [0.15, 0.2) is 12.4 Å². The molecule has 0 aliphatic carbocycles. The van der Waals surface area contributed by atoms with Crippen LogP contribution in [0.4, 0.5) is 0 Å². The predicted molar refractivity (Wildman–Crippen MR) is 64.9 cm³/mol. The van der Waals surface area contributed by atoms with Crippen LogP contribution in [0.25, 0.3) is 0 Å². The molecule has 1 aliphatic rings. The Morgan fingerprint density at radius 1 is 1.42 bits per heavy atom. The van der Waals surface area contributed by atoms with Crippen LogP contribution < -0.4 is 0 Å². The van der Waals surface area contributed by atoms with Gasteiger partial charge in [-0.25, -0.2) is 14.8 Å². The summed E-state index contributed by atoms with van der Waals surface area (Å²) in [5.41, 5.74) is -0.0177.